The number of hydrogen-bond acceptors (Lipinski definition) is 4. The number of carboxylic acids is 2. The average Bonchev–Trinajstić information content (AvgIpc) is 2.16. The third-order valence-corrected chi connectivity index (χ3v) is 1.93. The van der Waals surface area contributed by atoms with Crippen molar-refractivity contribution < 1.29 is 24.6 Å². The number of carbonyl (C=O) groups excluding carboxylic acids is 1. The Morgan fingerprint density at radius 2 is 1.88 bits per heavy atom. The summed E-state index contributed by atoms with van der Waals surface area (Å²) in [5.74, 6) is -3.33. The molecule has 0 saturated heterocycles. The highest BCUT2D eigenvalue weighted by atomic mass is 16.4. The largest absolute Gasteiger partial charge is 0.481 e. The fraction of sp³-hybridized carbons (Fsp3) is 0.667. The van der Waals surface area contributed by atoms with Gasteiger partial charge >= 0.3 is 11.9 Å². The normalized spacial score (nSPS) is 13.9. The topological polar surface area (TPSA) is 130 Å². The summed E-state index contributed by atoms with van der Waals surface area (Å²) in [6, 6.07) is -2.24. The zero-order valence-electron chi connectivity index (χ0n) is 8.97. The Morgan fingerprint density at radius 1 is 1.31 bits per heavy atom. The molecular weight excluding hydrogens is 216 g/mol. The molecule has 0 spiro atoms. The van der Waals surface area contributed by atoms with Crippen molar-refractivity contribution in [1.82, 2.24) is 5.32 Å². The maximum absolute atomic E-state index is 11.3. The number of nitrogens with two attached hydrogens (primary N) is 1. The van der Waals surface area contributed by atoms with Crippen LogP contribution in [-0.4, -0.2) is 40.1 Å². The van der Waals surface area contributed by atoms with Crippen LogP contribution in [0, 0.1) is 0 Å². The van der Waals surface area contributed by atoms with Crippen molar-refractivity contribution in [2.75, 3.05) is 0 Å². The minimum Gasteiger partial charge on any atom is -0.481 e. The van der Waals surface area contributed by atoms with Crippen LogP contribution >= 0.6 is 0 Å². The third kappa shape index (κ3) is 5.30. The first-order valence-electron chi connectivity index (χ1n) is 4.89. The van der Waals surface area contributed by atoms with Crippen molar-refractivity contribution in [2.45, 2.75) is 38.3 Å². The molecule has 0 aliphatic heterocycles. The van der Waals surface area contributed by atoms with Gasteiger partial charge in [0.05, 0.1) is 12.5 Å². The van der Waals surface area contributed by atoms with E-state index >= 15 is 0 Å². The van der Waals surface area contributed by atoms with Crippen molar-refractivity contribution in [1.29, 1.82) is 0 Å². The highest BCUT2D eigenvalue weighted by Crippen LogP contribution is 1.97. The lowest BCUT2D eigenvalue weighted by Gasteiger charge is -2.15. The van der Waals surface area contributed by atoms with Crippen LogP contribution in [0.1, 0.15) is 26.2 Å². The molecule has 2 atom stereocenters. The molecule has 0 aliphatic rings. The predicted molar refractivity (Wildman–Crippen MR) is 54.7 cm³/mol. The van der Waals surface area contributed by atoms with Gasteiger partial charge < -0.3 is 21.3 Å². The van der Waals surface area contributed by atoms with Gasteiger partial charge in [-0.1, -0.05) is 13.3 Å². The number of carbonyl (C=O) groups is 3. The van der Waals surface area contributed by atoms with Gasteiger partial charge in [-0.25, -0.2) is 4.79 Å². The summed E-state index contributed by atoms with van der Waals surface area (Å²) >= 11 is 0. The Labute approximate surface area is 92.6 Å². The molecule has 0 aromatic heterocycles. The van der Waals surface area contributed by atoms with Gasteiger partial charge in [0, 0.05) is 0 Å². The summed E-state index contributed by atoms with van der Waals surface area (Å²) in [6.45, 7) is 1.83. The molecule has 1 amide bonds. The van der Waals surface area contributed by atoms with Gasteiger partial charge in [0.2, 0.25) is 5.91 Å². The number of hydrogen-bond donors (Lipinski definition) is 4. The molecule has 0 bridgehead atoms. The Bertz CT molecular complexity index is 279. The highest BCUT2D eigenvalue weighted by Gasteiger charge is 2.25. The minimum atomic E-state index is -1.44. The second kappa shape index (κ2) is 6.78. The van der Waals surface area contributed by atoms with Crippen molar-refractivity contribution in [3.8, 4) is 0 Å². The van der Waals surface area contributed by atoms with Gasteiger partial charge in [0.15, 0.2) is 0 Å². The zero-order valence-corrected chi connectivity index (χ0v) is 8.97. The summed E-state index contributed by atoms with van der Waals surface area (Å²) in [7, 11) is 0. The van der Waals surface area contributed by atoms with E-state index in [0.717, 1.165) is 0 Å². The number of amides is 1. The van der Waals surface area contributed by atoms with E-state index in [1.807, 2.05) is 6.92 Å². The van der Waals surface area contributed by atoms with Crippen molar-refractivity contribution in [3.05, 3.63) is 0 Å². The molecule has 1 unspecified atom stereocenters. The first-order valence-corrected chi connectivity index (χ1v) is 4.89. The lowest BCUT2D eigenvalue weighted by atomic mass is 10.1. The number of aliphatic carboxylic acids is 2. The molecule has 0 radical (unpaired) electrons. The van der Waals surface area contributed by atoms with E-state index in [9.17, 15) is 14.4 Å². The molecule has 16 heavy (non-hydrogen) atoms. The molecule has 0 aromatic carbocycles. The van der Waals surface area contributed by atoms with Crippen LogP contribution in [-0.2, 0) is 14.4 Å². The molecule has 0 aromatic rings. The van der Waals surface area contributed by atoms with Gasteiger partial charge in [-0.2, -0.15) is 0 Å². The molecule has 0 saturated carbocycles. The Balaban J connectivity index is 4.34. The number of nitrogens with one attached hydrogen (secondary N) is 1. The van der Waals surface area contributed by atoms with Crippen LogP contribution < -0.4 is 11.1 Å². The molecule has 92 valence electrons. The Morgan fingerprint density at radius 3 is 2.25 bits per heavy atom. The molecular formula is C9H16N2O5. The van der Waals surface area contributed by atoms with Crippen molar-refractivity contribution in [3.63, 3.8) is 0 Å². The quantitative estimate of drug-likeness (QED) is 0.452. The lowest BCUT2D eigenvalue weighted by Crippen LogP contribution is -2.49. The van der Waals surface area contributed by atoms with Gasteiger partial charge in [-0.15, -0.1) is 0 Å². The molecule has 7 nitrogen and oxygen atoms in total. The summed E-state index contributed by atoms with van der Waals surface area (Å²) in [6.07, 6.45) is 0.441. The highest BCUT2D eigenvalue weighted by molar-refractivity contribution is 5.88. The third-order valence-electron chi connectivity index (χ3n) is 1.93. The summed E-state index contributed by atoms with van der Waals surface area (Å²) < 4.78 is 0. The molecule has 0 heterocycles. The fourth-order valence-electron chi connectivity index (χ4n) is 1.10. The molecule has 0 aliphatic carbocycles. The van der Waals surface area contributed by atoms with Gasteiger partial charge in [-0.3, -0.25) is 9.59 Å². The minimum absolute atomic E-state index is 0.422. The number of carboxylic acid groups (broad SMARTS) is 2. The van der Waals surface area contributed by atoms with E-state index in [2.05, 4.69) is 5.32 Å². The molecule has 0 rings (SSSR count). The van der Waals surface area contributed by atoms with Crippen LogP contribution in [0.4, 0.5) is 0 Å². The fourth-order valence-corrected chi connectivity index (χ4v) is 1.10. The SMILES string of the molecule is CCC[C@@H](N)C(=O)NC(CC(=O)O)C(=O)O. The average molecular weight is 232 g/mol. The van der Waals surface area contributed by atoms with Gasteiger partial charge in [0.1, 0.15) is 6.04 Å². The van der Waals surface area contributed by atoms with Crippen molar-refractivity contribution in [2.24, 2.45) is 5.73 Å². The maximum atomic E-state index is 11.3. The predicted octanol–water partition coefficient (Wildman–Crippen LogP) is -0.842. The Kier molecular flexibility index (Phi) is 6.09. The molecule has 0 fully saturated rings. The van der Waals surface area contributed by atoms with Crippen molar-refractivity contribution >= 4 is 17.8 Å². The smallest absolute Gasteiger partial charge is 0.326 e. The second-order valence-electron chi connectivity index (χ2n) is 3.39. The van der Waals surface area contributed by atoms with Gasteiger partial charge in [0.25, 0.3) is 0 Å². The summed E-state index contributed by atoms with van der Waals surface area (Å²) in [5, 5.41) is 19.2. The zero-order chi connectivity index (χ0) is 12.7. The standard InChI is InChI=1S/C9H16N2O5/c1-2-3-5(10)8(14)11-6(9(15)16)4-7(12)13/h5-6H,2-4,10H2,1H3,(H,11,14)(H,12,13)(H,15,16)/t5-,6?/m1/s1. The van der Waals surface area contributed by atoms with E-state index in [1.54, 1.807) is 0 Å². The monoisotopic (exact) mass is 232 g/mol. The van der Waals surface area contributed by atoms with Crippen LogP contribution in [0.3, 0.4) is 0 Å². The first-order chi connectivity index (χ1) is 7.38. The lowest BCUT2D eigenvalue weighted by molar-refractivity contribution is -0.147. The summed E-state index contributed by atoms with van der Waals surface area (Å²) in [5.41, 5.74) is 5.45. The Hall–Kier alpha value is -1.63. The van der Waals surface area contributed by atoms with Crippen LogP contribution in [0.25, 0.3) is 0 Å². The van der Waals surface area contributed by atoms with Crippen LogP contribution in [0.15, 0.2) is 0 Å². The van der Waals surface area contributed by atoms with Crippen LogP contribution in [0.5, 0.6) is 0 Å². The van der Waals surface area contributed by atoms with Gasteiger partial charge in [-0.05, 0) is 6.42 Å². The van der Waals surface area contributed by atoms with Crippen LogP contribution in [0.2, 0.25) is 0 Å². The van der Waals surface area contributed by atoms with E-state index in [1.165, 1.54) is 0 Å². The van der Waals surface area contributed by atoms with E-state index in [4.69, 9.17) is 15.9 Å². The maximum Gasteiger partial charge on any atom is 0.326 e. The second-order valence-corrected chi connectivity index (χ2v) is 3.39. The summed E-state index contributed by atoms with van der Waals surface area (Å²) in [4.78, 5) is 32.3. The molecule has 5 N–H and O–H groups in total. The number of rotatable bonds is 7. The van der Waals surface area contributed by atoms with E-state index in [0.29, 0.717) is 12.8 Å². The first kappa shape index (κ1) is 14.4. The molecule has 7 heteroatoms. The van der Waals surface area contributed by atoms with E-state index in [-0.39, 0.29) is 0 Å². The van der Waals surface area contributed by atoms with E-state index < -0.39 is 36.4 Å².